The highest BCUT2D eigenvalue weighted by atomic mass is 35.5. The van der Waals surface area contributed by atoms with Gasteiger partial charge in [-0.1, -0.05) is 17.7 Å². The normalized spacial score (nSPS) is 12.5. The van der Waals surface area contributed by atoms with Crippen molar-refractivity contribution >= 4 is 17.5 Å². The topological polar surface area (TPSA) is 69.1 Å². The Kier molecular flexibility index (Phi) is 3.43. The maximum Gasteiger partial charge on any atom is 0.234 e. The summed E-state index contributed by atoms with van der Waals surface area (Å²) in [4.78, 5) is 10.7. The van der Waals surface area contributed by atoms with Gasteiger partial charge < -0.3 is 11.5 Å². The first kappa shape index (κ1) is 10.9. The zero-order valence-electron chi connectivity index (χ0n) is 7.34. The molecule has 0 spiro atoms. The molecule has 0 saturated carbocycles. The predicted molar refractivity (Wildman–Crippen MR) is 52.3 cm³/mol. The SMILES string of the molecule is NC(=O)C(N)Cc1c(F)cccc1Cl. The Labute approximate surface area is 85.8 Å². The molecule has 1 amide bonds. The van der Waals surface area contributed by atoms with Gasteiger partial charge in [-0.05, 0) is 12.1 Å². The summed E-state index contributed by atoms with van der Waals surface area (Å²) in [6.45, 7) is 0. The number of rotatable bonds is 3. The van der Waals surface area contributed by atoms with Gasteiger partial charge in [0.25, 0.3) is 0 Å². The van der Waals surface area contributed by atoms with Crippen molar-refractivity contribution in [1.82, 2.24) is 0 Å². The van der Waals surface area contributed by atoms with Crippen LogP contribution in [0.3, 0.4) is 0 Å². The molecule has 0 heterocycles. The molecule has 1 rings (SSSR count). The Morgan fingerprint density at radius 2 is 2.21 bits per heavy atom. The van der Waals surface area contributed by atoms with Gasteiger partial charge in [0.05, 0.1) is 6.04 Å². The summed E-state index contributed by atoms with van der Waals surface area (Å²) in [5, 5.41) is 0.252. The molecule has 0 radical (unpaired) electrons. The van der Waals surface area contributed by atoms with Gasteiger partial charge in [0.15, 0.2) is 0 Å². The highest BCUT2D eigenvalue weighted by molar-refractivity contribution is 6.31. The van der Waals surface area contributed by atoms with Crippen LogP contribution < -0.4 is 11.5 Å². The van der Waals surface area contributed by atoms with Crippen molar-refractivity contribution in [2.45, 2.75) is 12.5 Å². The Balaban J connectivity index is 2.91. The van der Waals surface area contributed by atoms with E-state index in [9.17, 15) is 9.18 Å². The third kappa shape index (κ3) is 2.43. The van der Waals surface area contributed by atoms with Crippen molar-refractivity contribution in [3.63, 3.8) is 0 Å². The van der Waals surface area contributed by atoms with Crippen LogP contribution in [0.15, 0.2) is 18.2 Å². The minimum absolute atomic E-state index is 0.0147. The lowest BCUT2D eigenvalue weighted by molar-refractivity contribution is -0.119. The van der Waals surface area contributed by atoms with Crippen LogP contribution in [0.5, 0.6) is 0 Å². The number of primary amides is 1. The van der Waals surface area contributed by atoms with Gasteiger partial charge in [0.1, 0.15) is 5.82 Å². The summed E-state index contributed by atoms with van der Waals surface area (Å²) in [6.07, 6.45) is 0.0147. The lowest BCUT2D eigenvalue weighted by Gasteiger charge is -2.09. The Morgan fingerprint density at radius 1 is 1.57 bits per heavy atom. The van der Waals surface area contributed by atoms with Crippen LogP contribution in [0, 0.1) is 5.82 Å². The second-order valence-electron chi connectivity index (χ2n) is 2.91. The summed E-state index contributed by atoms with van der Waals surface area (Å²) in [5.41, 5.74) is 10.6. The van der Waals surface area contributed by atoms with Crippen molar-refractivity contribution in [2.24, 2.45) is 11.5 Å². The summed E-state index contributed by atoms with van der Waals surface area (Å²) >= 11 is 5.73. The first-order valence-electron chi connectivity index (χ1n) is 4.00. The molecule has 1 unspecified atom stereocenters. The molecule has 4 N–H and O–H groups in total. The van der Waals surface area contributed by atoms with Gasteiger partial charge in [0.2, 0.25) is 5.91 Å². The van der Waals surface area contributed by atoms with Gasteiger partial charge >= 0.3 is 0 Å². The third-order valence-corrected chi connectivity index (χ3v) is 2.21. The van der Waals surface area contributed by atoms with Crippen LogP contribution in [-0.4, -0.2) is 11.9 Å². The molecule has 76 valence electrons. The molecule has 3 nitrogen and oxygen atoms in total. The average Bonchev–Trinajstić information content (AvgIpc) is 2.11. The lowest BCUT2D eigenvalue weighted by atomic mass is 10.1. The lowest BCUT2D eigenvalue weighted by Crippen LogP contribution is -2.38. The van der Waals surface area contributed by atoms with E-state index in [-0.39, 0.29) is 17.0 Å². The molecule has 0 fully saturated rings. The quantitative estimate of drug-likeness (QED) is 0.786. The van der Waals surface area contributed by atoms with Crippen LogP contribution in [0.1, 0.15) is 5.56 Å². The van der Waals surface area contributed by atoms with Crippen molar-refractivity contribution in [1.29, 1.82) is 0 Å². The van der Waals surface area contributed by atoms with Crippen molar-refractivity contribution in [3.05, 3.63) is 34.6 Å². The number of hydrogen-bond acceptors (Lipinski definition) is 2. The largest absolute Gasteiger partial charge is 0.368 e. The van der Waals surface area contributed by atoms with Crippen LogP contribution >= 0.6 is 11.6 Å². The highest BCUT2D eigenvalue weighted by Crippen LogP contribution is 2.19. The Morgan fingerprint density at radius 3 is 2.71 bits per heavy atom. The van der Waals surface area contributed by atoms with Crippen molar-refractivity contribution < 1.29 is 9.18 Å². The zero-order chi connectivity index (χ0) is 10.7. The summed E-state index contributed by atoms with van der Waals surface area (Å²) in [7, 11) is 0. The van der Waals surface area contributed by atoms with E-state index in [1.165, 1.54) is 18.2 Å². The number of nitrogens with two attached hydrogens (primary N) is 2. The van der Waals surface area contributed by atoms with Crippen LogP contribution in [0.2, 0.25) is 5.02 Å². The predicted octanol–water partition coefficient (Wildman–Crippen LogP) is 0.834. The van der Waals surface area contributed by atoms with Crippen LogP contribution in [0.25, 0.3) is 0 Å². The van der Waals surface area contributed by atoms with E-state index >= 15 is 0 Å². The fourth-order valence-electron chi connectivity index (χ4n) is 1.05. The van der Waals surface area contributed by atoms with E-state index in [1.807, 2.05) is 0 Å². The highest BCUT2D eigenvalue weighted by Gasteiger charge is 2.15. The standard InChI is InChI=1S/C9H10ClFN2O/c10-6-2-1-3-7(11)5(6)4-8(12)9(13)14/h1-3,8H,4,12H2,(H2,13,14). The maximum absolute atomic E-state index is 13.2. The van der Waals surface area contributed by atoms with E-state index in [1.54, 1.807) is 0 Å². The number of amides is 1. The van der Waals surface area contributed by atoms with Gasteiger partial charge in [0, 0.05) is 17.0 Å². The fourth-order valence-corrected chi connectivity index (χ4v) is 1.29. The Bertz CT molecular complexity index is 336. The number of hydrogen-bond donors (Lipinski definition) is 2. The smallest absolute Gasteiger partial charge is 0.234 e. The Hall–Kier alpha value is -1.13. The molecule has 14 heavy (non-hydrogen) atoms. The average molecular weight is 217 g/mol. The molecule has 0 aliphatic carbocycles. The molecular weight excluding hydrogens is 207 g/mol. The number of carbonyl (C=O) groups excluding carboxylic acids is 1. The summed E-state index contributed by atoms with van der Waals surface area (Å²) < 4.78 is 13.2. The first-order chi connectivity index (χ1) is 6.52. The van der Waals surface area contributed by atoms with E-state index in [0.717, 1.165) is 0 Å². The zero-order valence-corrected chi connectivity index (χ0v) is 8.09. The second-order valence-corrected chi connectivity index (χ2v) is 3.32. The molecule has 5 heteroatoms. The third-order valence-electron chi connectivity index (χ3n) is 1.85. The molecular formula is C9H10ClFN2O. The van der Waals surface area contributed by atoms with Gasteiger partial charge in [-0.15, -0.1) is 0 Å². The summed E-state index contributed by atoms with van der Waals surface area (Å²) in [6, 6.07) is 3.36. The van der Waals surface area contributed by atoms with E-state index in [0.29, 0.717) is 0 Å². The number of halogens is 2. The number of carbonyl (C=O) groups is 1. The van der Waals surface area contributed by atoms with E-state index < -0.39 is 17.8 Å². The molecule has 1 atom stereocenters. The maximum atomic E-state index is 13.2. The van der Waals surface area contributed by atoms with Crippen molar-refractivity contribution in [3.8, 4) is 0 Å². The molecule has 0 saturated heterocycles. The van der Waals surface area contributed by atoms with Crippen molar-refractivity contribution in [2.75, 3.05) is 0 Å². The molecule has 0 aliphatic heterocycles. The summed E-state index contributed by atoms with van der Waals surface area (Å²) in [5.74, 6) is -1.15. The van der Waals surface area contributed by atoms with Crippen LogP contribution in [0.4, 0.5) is 4.39 Å². The van der Waals surface area contributed by atoms with Crippen LogP contribution in [-0.2, 0) is 11.2 Å². The van der Waals surface area contributed by atoms with E-state index in [4.69, 9.17) is 23.1 Å². The molecule has 0 bridgehead atoms. The van der Waals surface area contributed by atoms with Gasteiger partial charge in [-0.2, -0.15) is 0 Å². The molecule has 1 aromatic rings. The second kappa shape index (κ2) is 4.39. The van der Waals surface area contributed by atoms with Gasteiger partial charge in [-0.3, -0.25) is 4.79 Å². The minimum atomic E-state index is -0.913. The van der Waals surface area contributed by atoms with E-state index in [2.05, 4.69) is 0 Å². The molecule has 0 aliphatic rings. The minimum Gasteiger partial charge on any atom is -0.368 e. The fraction of sp³-hybridized carbons (Fsp3) is 0.222. The van der Waals surface area contributed by atoms with Gasteiger partial charge in [-0.25, -0.2) is 4.39 Å². The number of benzene rings is 1. The monoisotopic (exact) mass is 216 g/mol. The molecule has 0 aromatic heterocycles. The first-order valence-corrected chi connectivity index (χ1v) is 4.38. The molecule has 1 aromatic carbocycles.